The van der Waals surface area contributed by atoms with Gasteiger partial charge in [0, 0.05) is 0 Å². The monoisotopic (exact) mass is 156 g/mol. The van der Waals surface area contributed by atoms with E-state index in [2.05, 4.69) is 9.99 Å². The van der Waals surface area contributed by atoms with Crippen molar-refractivity contribution in [3.05, 3.63) is 0 Å². The minimum Gasteiger partial charge on any atom is -0.384 e. The molecule has 4 heteroatoms. The maximum absolute atomic E-state index is 11.0. The summed E-state index contributed by atoms with van der Waals surface area (Å²) >= 11 is 0. The lowest BCUT2D eigenvalue weighted by molar-refractivity contribution is -0.144. The van der Waals surface area contributed by atoms with E-state index in [1.54, 1.807) is 0 Å². The highest BCUT2D eigenvalue weighted by molar-refractivity contribution is 6.03. The van der Waals surface area contributed by atoms with E-state index in [-0.39, 0.29) is 17.8 Å². The number of oxime groups is 1. The quantitative estimate of drug-likeness (QED) is 0.591. The number of hydrogen-bond donors (Lipinski definition) is 1. The summed E-state index contributed by atoms with van der Waals surface area (Å²) in [5, 5.41) is 3.41. The van der Waals surface area contributed by atoms with Gasteiger partial charge in [-0.2, -0.15) is 0 Å². The van der Waals surface area contributed by atoms with E-state index in [4.69, 9.17) is 5.73 Å². The summed E-state index contributed by atoms with van der Waals surface area (Å²) in [5.41, 5.74) is 5.45. The van der Waals surface area contributed by atoms with Crippen molar-refractivity contribution in [2.75, 3.05) is 0 Å². The molecule has 4 nitrogen and oxygen atoms in total. The van der Waals surface area contributed by atoms with Crippen LogP contribution in [0.15, 0.2) is 5.16 Å². The van der Waals surface area contributed by atoms with Crippen LogP contribution in [-0.2, 0) is 9.63 Å². The average molecular weight is 156 g/mol. The van der Waals surface area contributed by atoms with E-state index < -0.39 is 0 Å². The van der Waals surface area contributed by atoms with Gasteiger partial charge in [0.1, 0.15) is 5.92 Å². The van der Waals surface area contributed by atoms with E-state index in [1.807, 2.05) is 13.8 Å². The molecule has 0 aromatic heterocycles. The first-order valence-corrected chi connectivity index (χ1v) is 3.71. The Balaban J connectivity index is 2.69. The van der Waals surface area contributed by atoms with Crippen molar-refractivity contribution in [1.82, 2.24) is 0 Å². The van der Waals surface area contributed by atoms with Crippen molar-refractivity contribution in [3.8, 4) is 0 Å². The minimum atomic E-state index is -0.322. The van der Waals surface area contributed by atoms with Gasteiger partial charge >= 0.3 is 5.97 Å². The molecular formula is C7H12N2O2. The second-order valence-electron chi connectivity index (χ2n) is 2.79. The number of carbonyl (C=O) groups excluding carboxylic acids is 1. The number of hydrogen-bond acceptors (Lipinski definition) is 4. The van der Waals surface area contributed by atoms with Gasteiger partial charge in [-0.05, 0) is 5.92 Å². The Labute approximate surface area is 65.4 Å². The lowest BCUT2D eigenvalue weighted by Gasteiger charge is -2.11. The van der Waals surface area contributed by atoms with E-state index in [1.165, 1.54) is 0 Å². The third kappa shape index (κ3) is 1.34. The summed E-state index contributed by atoms with van der Waals surface area (Å²) in [7, 11) is 0. The molecule has 0 aromatic rings. The fourth-order valence-corrected chi connectivity index (χ4v) is 1.09. The van der Waals surface area contributed by atoms with Gasteiger partial charge in [-0.25, -0.2) is 4.79 Å². The molecule has 2 atom stereocenters. The molecule has 11 heavy (non-hydrogen) atoms. The molecule has 0 fully saturated rings. The van der Waals surface area contributed by atoms with Gasteiger partial charge in [0.05, 0.1) is 0 Å². The summed E-state index contributed by atoms with van der Waals surface area (Å²) in [4.78, 5) is 15.4. The minimum absolute atomic E-state index is 0.216. The summed E-state index contributed by atoms with van der Waals surface area (Å²) in [5.74, 6) is -0.116. The van der Waals surface area contributed by atoms with Crippen LogP contribution >= 0.6 is 0 Å². The molecule has 0 aromatic carbocycles. The van der Waals surface area contributed by atoms with E-state index >= 15 is 0 Å². The molecule has 1 aliphatic heterocycles. The van der Waals surface area contributed by atoms with Crippen molar-refractivity contribution < 1.29 is 9.63 Å². The molecule has 1 aliphatic rings. The maximum Gasteiger partial charge on any atom is 0.346 e. The zero-order valence-corrected chi connectivity index (χ0v) is 6.70. The molecule has 1 rings (SSSR count). The lowest BCUT2D eigenvalue weighted by atomic mass is 9.91. The molecule has 1 heterocycles. The van der Waals surface area contributed by atoms with E-state index in [9.17, 15) is 4.79 Å². The maximum atomic E-state index is 11.0. The van der Waals surface area contributed by atoms with Gasteiger partial charge < -0.3 is 10.6 Å². The van der Waals surface area contributed by atoms with Gasteiger partial charge in [0.25, 0.3) is 0 Å². The molecule has 0 bridgehead atoms. The summed E-state index contributed by atoms with van der Waals surface area (Å²) in [6.07, 6.45) is 0.899. The SMILES string of the molecule is CC[C@H](C)[C@H]1C(=O)ON=C1N. The third-order valence-corrected chi connectivity index (χ3v) is 2.03. The van der Waals surface area contributed by atoms with Crippen LogP contribution in [-0.4, -0.2) is 11.8 Å². The number of nitrogens with two attached hydrogens (primary N) is 1. The summed E-state index contributed by atoms with van der Waals surface area (Å²) in [6, 6.07) is 0. The smallest absolute Gasteiger partial charge is 0.346 e. The Hall–Kier alpha value is -1.06. The molecule has 62 valence electrons. The van der Waals surface area contributed by atoms with Gasteiger partial charge in [-0.1, -0.05) is 25.4 Å². The predicted molar refractivity (Wildman–Crippen MR) is 40.7 cm³/mol. The Kier molecular flexibility index (Phi) is 2.12. The molecule has 0 amide bonds. The van der Waals surface area contributed by atoms with Crippen LogP contribution in [0.4, 0.5) is 0 Å². The Bertz CT molecular complexity index is 201. The highest BCUT2D eigenvalue weighted by Gasteiger charge is 2.34. The number of amidine groups is 1. The lowest BCUT2D eigenvalue weighted by Crippen LogP contribution is -2.30. The molecular weight excluding hydrogens is 144 g/mol. The van der Waals surface area contributed by atoms with E-state index in [0.29, 0.717) is 5.84 Å². The highest BCUT2D eigenvalue weighted by Crippen LogP contribution is 2.21. The molecule has 0 saturated carbocycles. The second kappa shape index (κ2) is 2.90. The topological polar surface area (TPSA) is 64.7 Å². The second-order valence-corrected chi connectivity index (χ2v) is 2.79. The van der Waals surface area contributed by atoms with Gasteiger partial charge in [-0.3, -0.25) is 0 Å². The fourth-order valence-electron chi connectivity index (χ4n) is 1.09. The summed E-state index contributed by atoms with van der Waals surface area (Å²) in [6.45, 7) is 3.96. The molecule has 2 N–H and O–H groups in total. The van der Waals surface area contributed by atoms with Gasteiger partial charge in [0.2, 0.25) is 0 Å². The standard InChI is InChI=1S/C7H12N2O2/c1-3-4(2)5-6(8)9-11-7(5)10/h4-5H,3H2,1-2H3,(H2,8,9)/t4-,5+/m0/s1. The first kappa shape index (κ1) is 8.04. The van der Waals surface area contributed by atoms with Crippen LogP contribution in [0.25, 0.3) is 0 Å². The van der Waals surface area contributed by atoms with Gasteiger partial charge in [0.15, 0.2) is 5.84 Å². The van der Waals surface area contributed by atoms with Crippen molar-refractivity contribution in [2.45, 2.75) is 20.3 Å². The van der Waals surface area contributed by atoms with Crippen LogP contribution in [0.5, 0.6) is 0 Å². The van der Waals surface area contributed by atoms with Crippen LogP contribution in [0.1, 0.15) is 20.3 Å². The first-order chi connectivity index (χ1) is 5.16. The zero-order valence-electron chi connectivity index (χ0n) is 6.70. The Morgan fingerprint density at radius 3 is 2.82 bits per heavy atom. The van der Waals surface area contributed by atoms with Crippen molar-refractivity contribution >= 4 is 11.8 Å². The van der Waals surface area contributed by atoms with Crippen LogP contribution in [0.2, 0.25) is 0 Å². The van der Waals surface area contributed by atoms with Crippen molar-refractivity contribution in [1.29, 1.82) is 0 Å². The fraction of sp³-hybridized carbons (Fsp3) is 0.714. The average Bonchev–Trinajstić information content (AvgIpc) is 2.30. The zero-order chi connectivity index (χ0) is 8.43. The predicted octanol–water partition coefficient (Wildman–Crippen LogP) is 0.478. The van der Waals surface area contributed by atoms with Crippen LogP contribution in [0.3, 0.4) is 0 Å². The third-order valence-electron chi connectivity index (χ3n) is 2.03. The normalized spacial score (nSPS) is 26.2. The number of carbonyl (C=O) groups is 1. The van der Waals surface area contributed by atoms with Crippen molar-refractivity contribution in [3.63, 3.8) is 0 Å². The van der Waals surface area contributed by atoms with Crippen LogP contribution < -0.4 is 5.73 Å². The number of nitrogens with zero attached hydrogens (tertiary/aromatic N) is 1. The number of rotatable bonds is 2. The van der Waals surface area contributed by atoms with Crippen LogP contribution in [0, 0.1) is 11.8 Å². The molecule has 0 unspecified atom stereocenters. The molecule has 0 spiro atoms. The largest absolute Gasteiger partial charge is 0.384 e. The van der Waals surface area contributed by atoms with E-state index in [0.717, 1.165) is 6.42 Å². The molecule has 0 saturated heterocycles. The Morgan fingerprint density at radius 1 is 1.82 bits per heavy atom. The van der Waals surface area contributed by atoms with Crippen molar-refractivity contribution in [2.24, 2.45) is 22.7 Å². The first-order valence-electron chi connectivity index (χ1n) is 3.71. The summed E-state index contributed by atoms with van der Waals surface area (Å²) < 4.78 is 0. The Morgan fingerprint density at radius 2 is 2.45 bits per heavy atom. The molecule has 0 aliphatic carbocycles. The highest BCUT2D eigenvalue weighted by atomic mass is 16.7. The van der Waals surface area contributed by atoms with Gasteiger partial charge in [-0.15, -0.1) is 0 Å². The molecule has 0 radical (unpaired) electrons.